The molecule has 0 spiro atoms. The van der Waals surface area contributed by atoms with Gasteiger partial charge in [-0.15, -0.1) is 0 Å². The smallest absolute Gasteiger partial charge is 0.218 e. The zero-order valence-corrected chi connectivity index (χ0v) is 7.25. The number of allylic oxidation sites excluding steroid dienone is 1. The molecule has 0 saturated carbocycles. The number of nitrogens with two attached hydrogens (primary N) is 1. The third-order valence-corrected chi connectivity index (χ3v) is 2.07. The Morgan fingerprint density at radius 1 is 1.58 bits per heavy atom. The molecule has 3 nitrogen and oxygen atoms in total. The number of nitrogens with one attached hydrogen (secondary N) is 1. The van der Waals surface area contributed by atoms with Gasteiger partial charge in [-0.3, -0.25) is 4.79 Å². The van der Waals surface area contributed by atoms with E-state index in [2.05, 4.69) is 17.5 Å². The normalized spacial score (nSPS) is 22.5. The first-order chi connectivity index (χ1) is 5.79. The van der Waals surface area contributed by atoms with E-state index in [1.54, 1.807) is 0 Å². The van der Waals surface area contributed by atoms with Crippen LogP contribution in [0.25, 0.3) is 0 Å². The molecule has 1 amide bonds. The summed E-state index contributed by atoms with van der Waals surface area (Å²) in [5, 5.41) is 3.30. The lowest BCUT2D eigenvalue weighted by atomic mass is 10.0. The van der Waals surface area contributed by atoms with Crippen molar-refractivity contribution in [3.63, 3.8) is 0 Å². The van der Waals surface area contributed by atoms with Crippen molar-refractivity contribution in [3.8, 4) is 0 Å². The van der Waals surface area contributed by atoms with Gasteiger partial charge < -0.3 is 11.1 Å². The van der Waals surface area contributed by atoms with E-state index >= 15 is 0 Å². The molecule has 0 fully saturated rings. The number of primary amides is 1. The molecule has 0 aromatic rings. The number of rotatable bonds is 4. The fourth-order valence-electron chi connectivity index (χ4n) is 1.38. The molecule has 1 atom stereocenters. The highest BCUT2D eigenvalue weighted by atomic mass is 16.1. The summed E-state index contributed by atoms with van der Waals surface area (Å²) in [5.41, 5.74) is 5.02. The molecule has 1 aliphatic carbocycles. The van der Waals surface area contributed by atoms with E-state index in [1.165, 1.54) is 6.42 Å². The SMILES string of the molecule is NC(=O)CCNC1CC=CCC1. The molecule has 12 heavy (non-hydrogen) atoms. The summed E-state index contributed by atoms with van der Waals surface area (Å²) in [6.45, 7) is 0.716. The van der Waals surface area contributed by atoms with Gasteiger partial charge in [0, 0.05) is 19.0 Å². The molecular weight excluding hydrogens is 152 g/mol. The van der Waals surface area contributed by atoms with Crippen LogP contribution in [-0.4, -0.2) is 18.5 Å². The lowest BCUT2D eigenvalue weighted by Crippen LogP contribution is -2.32. The number of amides is 1. The van der Waals surface area contributed by atoms with E-state index in [0.29, 0.717) is 19.0 Å². The average molecular weight is 168 g/mol. The predicted octanol–water partition coefficient (Wildman–Crippen LogP) is 0.560. The van der Waals surface area contributed by atoms with Crippen LogP contribution in [0.2, 0.25) is 0 Å². The predicted molar refractivity (Wildman–Crippen MR) is 48.6 cm³/mol. The highest BCUT2D eigenvalue weighted by Gasteiger charge is 2.08. The fourth-order valence-corrected chi connectivity index (χ4v) is 1.38. The Labute approximate surface area is 73.0 Å². The van der Waals surface area contributed by atoms with E-state index in [-0.39, 0.29) is 5.91 Å². The molecule has 0 saturated heterocycles. The van der Waals surface area contributed by atoms with Crippen molar-refractivity contribution < 1.29 is 4.79 Å². The highest BCUT2D eigenvalue weighted by molar-refractivity contribution is 5.73. The minimum atomic E-state index is -0.228. The summed E-state index contributed by atoms with van der Waals surface area (Å²) in [5.74, 6) is -0.228. The second-order valence-electron chi connectivity index (χ2n) is 3.15. The average Bonchev–Trinajstić information content (AvgIpc) is 2.05. The molecule has 0 bridgehead atoms. The van der Waals surface area contributed by atoms with Gasteiger partial charge in [-0.2, -0.15) is 0 Å². The minimum absolute atomic E-state index is 0.228. The van der Waals surface area contributed by atoms with Crippen molar-refractivity contribution in [2.75, 3.05) is 6.54 Å². The van der Waals surface area contributed by atoms with Crippen LogP contribution in [0.3, 0.4) is 0 Å². The summed E-state index contributed by atoms with van der Waals surface area (Å²) in [7, 11) is 0. The van der Waals surface area contributed by atoms with Gasteiger partial charge in [-0.25, -0.2) is 0 Å². The summed E-state index contributed by atoms with van der Waals surface area (Å²) in [6, 6.07) is 0.550. The fraction of sp³-hybridized carbons (Fsp3) is 0.667. The summed E-state index contributed by atoms with van der Waals surface area (Å²) in [4.78, 5) is 10.4. The molecule has 1 aliphatic rings. The first-order valence-corrected chi connectivity index (χ1v) is 4.45. The van der Waals surface area contributed by atoms with Crippen molar-refractivity contribution in [1.82, 2.24) is 5.32 Å². The van der Waals surface area contributed by atoms with Crippen LogP contribution in [0.5, 0.6) is 0 Å². The molecule has 0 radical (unpaired) electrons. The first-order valence-electron chi connectivity index (χ1n) is 4.45. The monoisotopic (exact) mass is 168 g/mol. The molecule has 3 heteroatoms. The third kappa shape index (κ3) is 3.53. The van der Waals surface area contributed by atoms with Gasteiger partial charge >= 0.3 is 0 Å². The van der Waals surface area contributed by atoms with Crippen LogP contribution in [0.1, 0.15) is 25.7 Å². The number of hydrogen-bond donors (Lipinski definition) is 2. The minimum Gasteiger partial charge on any atom is -0.370 e. The molecule has 1 unspecified atom stereocenters. The number of carbonyl (C=O) groups is 1. The van der Waals surface area contributed by atoms with E-state index in [4.69, 9.17) is 5.73 Å². The Kier molecular flexibility index (Phi) is 3.80. The van der Waals surface area contributed by atoms with Crippen LogP contribution in [0, 0.1) is 0 Å². The van der Waals surface area contributed by atoms with Crippen molar-refractivity contribution in [2.24, 2.45) is 5.73 Å². The van der Waals surface area contributed by atoms with Gasteiger partial charge in [0.25, 0.3) is 0 Å². The van der Waals surface area contributed by atoms with Gasteiger partial charge in [0.2, 0.25) is 5.91 Å². The molecule has 0 aromatic carbocycles. The molecule has 3 N–H and O–H groups in total. The Balaban J connectivity index is 2.06. The molecule has 0 heterocycles. The Hall–Kier alpha value is -0.830. The lowest BCUT2D eigenvalue weighted by molar-refractivity contribution is -0.117. The second kappa shape index (κ2) is 4.93. The molecule has 68 valence electrons. The van der Waals surface area contributed by atoms with Crippen molar-refractivity contribution in [2.45, 2.75) is 31.7 Å². The summed E-state index contributed by atoms with van der Waals surface area (Å²) in [6.07, 6.45) is 8.24. The molecule has 0 aromatic heterocycles. The van der Waals surface area contributed by atoms with E-state index in [0.717, 1.165) is 12.8 Å². The zero-order chi connectivity index (χ0) is 8.81. The van der Waals surface area contributed by atoms with Crippen LogP contribution in [-0.2, 0) is 4.79 Å². The largest absolute Gasteiger partial charge is 0.370 e. The number of carbonyl (C=O) groups excluding carboxylic acids is 1. The van der Waals surface area contributed by atoms with Gasteiger partial charge in [-0.05, 0) is 19.3 Å². The van der Waals surface area contributed by atoms with Gasteiger partial charge in [-0.1, -0.05) is 12.2 Å². The Morgan fingerprint density at radius 3 is 3.00 bits per heavy atom. The van der Waals surface area contributed by atoms with Crippen LogP contribution in [0.4, 0.5) is 0 Å². The van der Waals surface area contributed by atoms with Gasteiger partial charge in [0.15, 0.2) is 0 Å². The maximum Gasteiger partial charge on any atom is 0.218 e. The highest BCUT2D eigenvalue weighted by Crippen LogP contribution is 2.09. The van der Waals surface area contributed by atoms with Crippen LogP contribution in [0.15, 0.2) is 12.2 Å². The molecule has 1 rings (SSSR count). The maximum absolute atomic E-state index is 10.4. The molecule has 0 aliphatic heterocycles. The third-order valence-electron chi connectivity index (χ3n) is 2.07. The Bertz CT molecular complexity index is 177. The zero-order valence-electron chi connectivity index (χ0n) is 7.25. The quantitative estimate of drug-likeness (QED) is 0.603. The molecular formula is C9H16N2O. The van der Waals surface area contributed by atoms with Crippen molar-refractivity contribution in [3.05, 3.63) is 12.2 Å². The van der Waals surface area contributed by atoms with Crippen molar-refractivity contribution >= 4 is 5.91 Å². The Morgan fingerprint density at radius 2 is 2.42 bits per heavy atom. The van der Waals surface area contributed by atoms with E-state index in [1.807, 2.05) is 0 Å². The summed E-state index contributed by atoms with van der Waals surface area (Å²) >= 11 is 0. The van der Waals surface area contributed by atoms with E-state index in [9.17, 15) is 4.79 Å². The van der Waals surface area contributed by atoms with E-state index < -0.39 is 0 Å². The maximum atomic E-state index is 10.4. The van der Waals surface area contributed by atoms with Crippen LogP contribution < -0.4 is 11.1 Å². The van der Waals surface area contributed by atoms with Gasteiger partial charge in [0.05, 0.1) is 0 Å². The second-order valence-corrected chi connectivity index (χ2v) is 3.15. The standard InChI is InChI=1S/C9H16N2O/c10-9(12)6-7-11-8-4-2-1-3-5-8/h1-2,8,11H,3-7H2,(H2,10,12). The topological polar surface area (TPSA) is 55.1 Å². The lowest BCUT2D eigenvalue weighted by Gasteiger charge is -2.18. The van der Waals surface area contributed by atoms with Crippen molar-refractivity contribution in [1.29, 1.82) is 0 Å². The number of hydrogen-bond acceptors (Lipinski definition) is 2. The first kappa shape index (κ1) is 9.26. The van der Waals surface area contributed by atoms with Gasteiger partial charge in [0.1, 0.15) is 0 Å². The van der Waals surface area contributed by atoms with Crippen LogP contribution >= 0.6 is 0 Å². The summed E-state index contributed by atoms with van der Waals surface area (Å²) < 4.78 is 0.